The van der Waals surface area contributed by atoms with Gasteiger partial charge in [0.15, 0.2) is 6.10 Å². The monoisotopic (exact) mass is 1400 g/mol. The number of carbonyl (C=O) groups excluding carboxylic acids is 3. The first kappa shape index (κ1) is 93.0. The summed E-state index contributed by atoms with van der Waals surface area (Å²) < 4.78 is 61.0. The first-order valence-electron chi connectivity index (χ1n) is 37.8. The van der Waals surface area contributed by atoms with E-state index < -0.39 is 91.5 Å². The maximum atomic E-state index is 12.9. The average molecular weight is 1400 g/mol. The Balaban J connectivity index is 4.49. The van der Waals surface area contributed by atoms with E-state index in [4.69, 9.17) is 32.3 Å². The number of unbranched alkanes of at least 4 members (excludes halogenated alkanes) is 28. The number of allylic oxidation sites excluding steroid dienone is 20. The third-order valence-electron chi connectivity index (χ3n) is 15.6. The van der Waals surface area contributed by atoms with Gasteiger partial charge in [0.1, 0.15) is 25.4 Å². The Morgan fingerprint density at radius 2 is 0.567 bits per heavy atom. The van der Waals surface area contributed by atoms with E-state index in [0.717, 1.165) is 161 Å². The zero-order valence-corrected chi connectivity index (χ0v) is 62.5. The smallest absolute Gasteiger partial charge is 0.463 e. The fourth-order valence-electron chi connectivity index (χ4n) is 9.88. The van der Waals surface area contributed by atoms with Gasteiger partial charge in [-0.1, -0.05) is 277 Å². The van der Waals surface area contributed by atoms with Crippen molar-refractivity contribution in [3.05, 3.63) is 122 Å². The molecule has 0 radical (unpaired) electrons. The van der Waals surface area contributed by atoms with Crippen molar-refractivity contribution in [2.45, 2.75) is 322 Å². The first-order valence-corrected chi connectivity index (χ1v) is 40.8. The number of phosphoric acid groups is 2. The molecule has 5 atom stereocenters. The van der Waals surface area contributed by atoms with E-state index in [1.54, 1.807) is 0 Å². The minimum atomic E-state index is -4.93. The first-order chi connectivity index (χ1) is 47.2. The molecule has 0 spiro atoms. The van der Waals surface area contributed by atoms with E-state index in [1.807, 2.05) is 0 Å². The van der Waals surface area contributed by atoms with Crippen molar-refractivity contribution < 1.29 is 75.8 Å². The Kier molecular flexibility index (Phi) is 68.8. The van der Waals surface area contributed by atoms with Crippen LogP contribution in [0, 0.1) is 0 Å². The molecule has 0 aliphatic rings. The molecular formula is C79H136O16P2. The van der Waals surface area contributed by atoms with Gasteiger partial charge in [-0.2, -0.15) is 0 Å². The number of hydrogen-bond donors (Lipinski definition) is 4. The van der Waals surface area contributed by atoms with Crippen LogP contribution in [0.15, 0.2) is 122 Å². The Labute approximate surface area is 589 Å². The molecular weight excluding hydrogens is 1270 g/mol. The Morgan fingerprint density at radius 1 is 0.299 bits per heavy atom. The van der Waals surface area contributed by atoms with Crippen molar-refractivity contribution in [3.63, 3.8) is 0 Å². The average Bonchev–Trinajstić information content (AvgIpc) is 2.57. The van der Waals surface area contributed by atoms with Crippen LogP contribution in [-0.4, -0.2) is 95.9 Å². The molecule has 0 saturated heterocycles. The van der Waals surface area contributed by atoms with Crippen LogP contribution in [-0.2, 0) is 55.8 Å². The number of phosphoric ester groups is 2. The number of hydrogen-bond acceptors (Lipinski definition) is 14. The molecule has 5 unspecified atom stereocenters. The predicted octanol–water partition coefficient (Wildman–Crippen LogP) is 21.8. The number of aliphatic hydroxyl groups excluding tert-OH is 2. The van der Waals surface area contributed by atoms with Crippen molar-refractivity contribution >= 4 is 33.6 Å². The molecule has 0 aromatic heterocycles. The lowest BCUT2D eigenvalue weighted by Crippen LogP contribution is -2.30. The summed E-state index contributed by atoms with van der Waals surface area (Å²) in [6, 6.07) is 0. The van der Waals surface area contributed by atoms with Gasteiger partial charge >= 0.3 is 33.6 Å². The molecule has 558 valence electrons. The normalized spacial score (nSPS) is 14.8. The van der Waals surface area contributed by atoms with E-state index >= 15 is 0 Å². The summed E-state index contributed by atoms with van der Waals surface area (Å²) in [5.74, 6) is -1.61. The second-order valence-corrected chi connectivity index (χ2v) is 28.0. The van der Waals surface area contributed by atoms with E-state index in [9.17, 15) is 43.5 Å². The third kappa shape index (κ3) is 73.0. The van der Waals surface area contributed by atoms with Crippen LogP contribution < -0.4 is 0 Å². The van der Waals surface area contributed by atoms with Crippen molar-refractivity contribution in [3.8, 4) is 0 Å². The largest absolute Gasteiger partial charge is 0.472 e. The van der Waals surface area contributed by atoms with Gasteiger partial charge in [0.2, 0.25) is 0 Å². The van der Waals surface area contributed by atoms with Gasteiger partial charge < -0.3 is 34.2 Å². The van der Waals surface area contributed by atoms with Gasteiger partial charge in [-0.3, -0.25) is 32.5 Å². The highest BCUT2D eigenvalue weighted by Crippen LogP contribution is 2.45. The summed E-state index contributed by atoms with van der Waals surface area (Å²) >= 11 is 0. The van der Waals surface area contributed by atoms with Gasteiger partial charge in [0.25, 0.3) is 0 Å². The molecule has 18 heteroatoms. The Bertz CT molecular complexity index is 2250. The molecule has 0 bridgehead atoms. The molecule has 0 rings (SSSR count). The number of ether oxygens (including phenoxy) is 3. The quantitative estimate of drug-likeness (QED) is 0.0146. The maximum Gasteiger partial charge on any atom is 0.472 e. The molecule has 0 heterocycles. The van der Waals surface area contributed by atoms with E-state index in [1.165, 1.54) is 83.5 Å². The molecule has 0 aromatic carbocycles. The molecule has 0 amide bonds. The van der Waals surface area contributed by atoms with Gasteiger partial charge in [-0.05, 0) is 128 Å². The van der Waals surface area contributed by atoms with Crippen LogP contribution in [0.4, 0.5) is 0 Å². The van der Waals surface area contributed by atoms with Crippen molar-refractivity contribution in [1.29, 1.82) is 0 Å². The van der Waals surface area contributed by atoms with Gasteiger partial charge in [0, 0.05) is 19.3 Å². The molecule has 0 fully saturated rings. The lowest BCUT2D eigenvalue weighted by atomic mass is 10.0. The highest BCUT2D eigenvalue weighted by molar-refractivity contribution is 7.47. The molecule has 97 heavy (non-hydrogen) atoms. The summed E-state index contributed by atoms with van der Waals surface area (Å²) in [5.41, 5.74) is 0. The molecule has 0 aromatic rings. The standard InChI is InChI=1S/C79H136O16P2/c1-4-7-10-13-16-19-22-25-27-29-31-32-33-34-35-36-37-38-39-40-42-44-45-48-50-53-56-59-62-65-77(82)89-68-74(80)69-91-96(85,86)92-70-75(81)71-93-97(87,88)94-73-76(95-79(84)67-64-61-58-55-52-47-24-21-18-15-12-9-6-3)72-90-78(83)66-63-60-57-54-51-49-46-43-41-30-28-26-23-20-17-14-11-8-5-2/h8,11-12,15-17,19-21,24-28,31-32,34-35,41,43,74-76,80-81H,4-7,9-10,13-14,18,22-23,29-30,33,36-40,42,44-73H2,1-3H3,(H,85,86)(H,87,88)/b11-8-,15-12-,19-16-,20-17-,24-21-,27-25-,28-26-,32-31-,35-34-,43-41-. The van der Waals surface area contributed by atoms with E-state index in [0.29, 0.717) is 19.3 Å². The zero-order chi connectivity index (χ0) is 70.9. The Morgan fingerprint density at radius 3 is 0.907 bits per heavy atom. The van der Waals surface area contributed by atoms with Crippen molar-refractivity contribution in [2.75, 3.05) is 39.6 Å². The Hall–Kier alpha value is -4.05. The second-order valence-electron chi connectivity index (χ2n) is 25.1. The lowest BCUT2D eigenvalue weighted by Gasteiger charge is -2.21. The van der Waals surface area contributed by atoms with Crippen LogP contribution in [0.2, 0.25) is 0 Å². The summed E-state index contributed by atoms with van der Waals surface area (Å²) in [5, 5.41) is 20.6. The summed E-state index contributed by atoms with van der Waals surface area (Å²) in [4.78, 5) is 58.5. The molecule has 4 N–H and O–H groups in total. The third-order valence-corrected chi connectivity index (χ3v) is 17.5. The molecule has 0 saturated carbocycles. The number of aliphatic hydroxyl groups is 2. The minimum absolute atomic E-state index is 0.0828. The van der Waals surface area contributed by atoms with E-state index in [2.05, 4.69) is 142 Å². The van der Waals surface area contributed by atoms with Crippen molar-refractivity contribution in [2.24, 2.45) is 0 Å². The molecule has 0 aliphatic heterocycles. The van der Waals surface area contributed by atoms with Crippen LogP contribution in [0.1, 0.15) is 303 Å². The zero-order valence-electron chi connectivity index (χ0n) is 60.7. The van der Waals surface area contributed by atoms with Crippen LogP contribution in [0.5, 0.6) is 0 Å². The summed E-state index contributed by atoms with van der Waals surface area (Å²) in [6.45, 7) is 2.44. The van der Waals surface area contributed by atoms with Gasteiger partial charge in [-0.25, -0.2) is 9.13 Å². The number of carbonyl (C=O) groups is 3. The number of rotatable bonds is 71. The minimum Gasteiger partial charge on any atom is -0.463 e. The SMILES string of the molecule is CC/C=C\C/C=C\C/C=C\C/C=C\CCCCCCCCC(=O)OCC(COP(=O)(O)OCC(O)COP(=O)(O)OCC(O)COC(=O)CCCCCCCCCCCCCCC/C=C\C/C=C\C/C=C\C/C=C\CCCCC)OC(=O)CCCCCCC/C=C\C/C=C\CCC. The second kappa shape index (κ2) is 71.8. The number of esters is 3. The van der Waals surface area contributed by atoms with E-state index in [-0.39, 0.29) is 19.3 Å². The maximum absolute atomic E-state index is 12.9. The fourth-order valence-corrected chi connectivity index (χ4v) is 11.5. The van der Waals surface area contributed by atoms with Crippen LogP contribution in [0.25, 0.3) is 0 Å². The molecule has 16 nitrogen and oxygen atoms in total. The highest BCUT2D eigenvalue weighted by atomic mass is 31.2. The summed E-state index contributed by atoms with van der Waals surface area (Å²) in [6.07, 6.45) is 84.0. The predicted molar refractivity (Wildman–Crippen MR) is 399 cm³/mol. The van der Waals surface area contributed by atoms with Crippen LogP contribution >= 0.6 is 15.6 Å². The van der Waals surface area contributed by atoms with Gasteiger partial charge in [0.05, 0.1) is 26.4 Å². The lowest BCUT2D eigenvalue weighted by molar-refractivity contribution is -0.161. The van der Waals surface area contributed by atoms with Crippen molar-refractivity contribution in [1.82, 2.24) is 0 Å². The van der Waals surface area contributed by atoms with Gasteiger partial charge in [-0.15, -0.1) is 0 Å². The topological polar surface area (TPSA) is 231 Å². The highest BCUT2D eigenvalue weighted by Gasteiger charge is 2.29. The molecule has 0 aliphatic carbocycles. The summed E-state index contributed by atoms with van der Waals surface area (Å²) in [7, 11) is -9.79. The fraction of sp³-hybridized carbons (Fsp3) is 0.709. The van der Waals surface area contributed by atoms with Crippen LogP contribution in [0.3, 0.4) is 0 Å².